The molecule has 0 aliphatic carbocycles. The second-order valence-corrected chi connectivity index (χ2v) is 8.82. The third kappa shape index (κ3) is 9.03. The maximum Gasteiger partial charge on any atom is 0.311 e. The average Bonchev–Trinajstić information content (AvgIpc) is 2.90. The molecule has 0 bridgehead atoms. The topological polar surface area (TPSA) is 76.4 Å². The fraction of sp³-hybridized carbons (Fsp3) is 0.323. The normalized spacial score (nSPS) is 10.4. The van der Waals surface area contributed by atoms with E-state index in [2.05, 4.69) is 13.0 Å². The smallest absolute Gasteiger partial charge is 0.311 e. The van der Waals surface area contributed by atoms with Gasteiger partial charge in [0.2, 0.25) is 0 Å². The summed E-state index contributed by atoms with van der Waals surface area (Å²) in [7, 11) is 0. The van der Waals surface area contributed by atoms with Gasteiger partial charge in [0, 0.05) is 12.8 Å². The zero-order chi connectivity index (χ0) is 25.6. The van der Waals surface area contributed by atoms with Crippen molar-refractivity contribution in [1.82, 2.24) is 0 Å². The largest absolute Gasteiger partial charge is 0.427 e. The Kier molecular flexibility index (Phi) is 10.7. The number of hydrogen-bond donors (Lipinski definition) is 0. The third-order valence-electron chi connectivity index (χ3n) is 5.92. The first-order valence-corrected chi connectivity index (χ1v) is 12.7. The molecule has 5 nitrogen and oxygen atoms in total. The van der Waals surface area contributed by atoms with E-state index in [4.69, 9.17) is 14.7 Å². The Morgan fingerprint density at radius 1 is 0.667 bits per heavy atom. The summed E-state index contributed by atoms with van der Waals surface area (Å²) in [5.41, 5.74) is 3.85. The van der Waals surface area contributed by atoms with Gasteiger partial charge in [-0.15, -0.1) is 0 Å². The van der Waals surface area contributed by atoms with Crippen molar-refractivity contribution >= 4 is 11.9 Å². The highest BCUT2D eigenvalue weighted by Crippen LogP contribution is 2.23. The molecule has 186 valence electrons. The number of aryl methyl sites for hydroxylation is 1. The Balaban J connectivity index is 1.30. The van der Waals surface area contributed by atoms with Gasteiger partial charge < -0.3 is 9.47 Å². The van der Waals surface area contributed by atoms with Gasteiger partial charge in [0.1, 0.15) is 11.5 Å². The first kappa shape index (κ1) is 26.7. The predicted octanol–water partition coefficient (Wildman–Crippen LogP) is 7.42. The molecule has 0 saturated carbocycles. The number of ether oxygens (including phenoxy) is 2. The number of unbranched alkanes of at least 4 members (excludes halogenated alkanes) is 4. The van der Waals surface area contributed by atoms with Gasteiger partial charge in [-0.2, -0.15) is 5.26 Å². The van der Waals surface area contributed by atoms with Gasteiger partial charge in [-0.3, -0.25) is 9.59 Å². The minimum Gasteiger partial charge on any atom is -0.427 e. The molecule has 0 aliphatic heterocycles. The van der Waals surface area contributed by atoms with Gasteiger partial charge >= 0.3 is 11.9 Å². The second-order valence-electron chi connectivity index (χ2n) is 8.82. The number of nitrogens with zero attached hydrogens (tertiary/aromatic N) is 1. The summed E-state index contributed by atoms with van der Waals surface area (Å²) in [5.74, 6) is 0.534. The van der Waals surface area contributed by atoms with E-state index in [1.54, 1.807) is 24.3 Å². The van der Waals surface area contributed by atoms with Crippen LogP contribution in [-0.2, 0) is 16.0 Å². The maximum absolute atomic E-state index is 12.1. The SMILES string of the molecule is CCCCCc1ccc(OC(=O)CCCCCC(=O)Oc2ccc(-c3ccc(C#N)cc3)cc2)cc1. The fourth-order valence-corrected chi connectivity index (χ4v) is 3.84. The van der Waals surface area contributed by atoms with E-state index in [0.29, 0.717) is 42.7 Å². The van der Waals surface area contributed by atoms with Gasteiger partial charge in [0.05, 0.1) is 11.6 Å². The Morgan fingerprint density at radius 2 is 1.17 bits per heavy atom. The van der Waals surface area contributed by atoms with E-state index in [1.807, 2.05) is 48.5 Å². The van der Waals surface area contributed by atoms with Crippen molar-refractivity contribution in [1.29, 1.82) is 5.26 Å². The third-order valence-corrected chi connectivity index (χ3v) is 5.92. The standard InChI is InChI=1S/C31H33NO4/c1-2-3-5-8-24-13-19-28(20-14-24)35-30(33)9-6-4-7-10-31(34)36-29-21-17-27(18-22-29)26-15-11-25(23-32)12-16-26/h11-22H,2-10H2,1H3. The molecule has 0 N–H and O–H groups in total. The summed E-state index contributed by atoms with van der Waals surface area (Å²) in [6, 6.07) is 24.5. The van der Waals surface area contributed by atoms with Crippen LogP contribution in [0.3, 0.4) is 0 Å². The van der Waals surface area contributed by atoms with E-state index in [0.717, 1.165) is 24.0 Å². The van der Waals surface area contributed by atoms with Gasteiger partial charge in [-0.05, 0) is 78.8 Å². The van der Waals surface area contributed by atoms with Crippen molar-refractivity contribution in [3.8, 4) is 28.7 Å². The van der Waals surface area contributed by atoms with Crippen molar-refractivity contribution in [3.05, 3.63) is 83.9 Å². The zero-order valence-corrected chi connectivity index (χ0v) is 20.9. The Morgan fingerprint density at radius 3 is 1.67 bits per heavy atom. The van der Waals surface area contributed by atoms with Crippen LogP contribution in [0.15, 0.2) is 72.8 Å². The van der Waals surface area contributed by atoms with E-state index in [1.165, 1.54) is 24.8 Å². The lowest BCUT2D eigenvalue weighted by atomic mass is 10.0. The minimum atomic E-state index is -0.289. The number of rotatable bonds is 13. The van der Waals surface area contributed by atoms with Crippen molar-refractivity contribution in [2.24, 2.45) is 0 Å². The highest BCUT2D eigenvalue weighted by atomic mass is 16.5. The Labute approximate surface area is 213 Å². The molecule has 0 fully saturated rings. The maximum atomic E-state index is 12.1. The van der Waals surface area contributed by atoms with Crippen LogP contribution in [0.5, 0.6) is 11.5 Å². The summed E-state index contributed by atoms with van der Waals surface area (Å²) in [6.07, 6.45) is 7.34. The molecule has 0 atom stereocenters. The van der Waals surface area contributed by atoms with E-state index in [9.17, 15) is 9.59 Å². The number of nitriles is 1. The van der Waals surface area contributed by atoms with Crippen molar-refractivity contribution < 1.29 is 19.1 Å². The van der Waals surface area contributed by atoms with Gasteiger partial charge in [0.15, 0.2) is 0 Å². The molecule has 3 rings (SSSR count). The highest BCUT2D eigenvalue weighted by Gasteiger charge is 2.08. The van der Waals surface area contributed by atoms with Crippen LogP contribution in [0, 0.1) is 11.3 Å². The molecule has 3 aromatic rings. The van der Waals surface area contributed by atoms with Gasteiger partial charge in [-0.1, -0.05) is 62.6 Å². The molecule has 0 radical (unpaired) electrons. The fourth-order valence-electron chi connectivity index (χ4n) is 3.84. The summed E-state index contributed by atoms with van der Waals surface area (Å²) in [5, 5.41) is 8.90. The number of esters is 2. The van der Waals surface area contributed by atoms with Crippen molar-refractivity contribution in [2.45, 2.75) is 64.7 Å². The number of benzene rings is 3. The quantitative estimate of drug-likeness (QED) is 0.144. The lowest BCUT2D eigenvalue weighted by molar-refractivity contribution is -0.134. The highest BCUT2D eigenvalue weighted by molar-refractivity contribution is 5.73. The lowest BCUT2D eigenvalue weighted by Gasteiger charge is -2.07. The minimum absolute atomic E-state index is 0.251. The molecule has 5 heteroatoms. The van der Waals surface area contributed by atoms with Crippen LogP contribution >= 0.6 is 0 Å². The van der Waals surface area contributed by atoms with Crippen LogP contribution in [-0.4, -0.2) is 11.9 Å². The van der Waals surface area contributed by atoms with Crippen LogP contribution in [0.4, 0.5) is 0 Å². The summed E-state index contributed by atoms with van der Waals surface area (Å²) >= 11 is 0. The average molecular weight is 484 g/mol. The van der Waals surface area contributed by atoms with Crippen LogP contribution < -0.4 is 9.47 Å². The molecule has 0 spiro atoms. The predicted molar refractivity (Wildman–Crippen MR) is 141 cm³/mol. The van der Waals surface area contributed by atoms with Gasteiger partial charge in [-0.25, -0.2) is 0 Å². The molecule has 36 heavy (non-hydrogen) atoms. The summed E-state index contributed by atoms with van der Waals surface area (Å²) in [6.45, 7) is 2.19. The first-order valence-electron chi connectivity index (χ1n) is 12.7. The summed E-state index contributed by atoms with van der Waals surface area (Å²) < 4.78 is 10.8. The molecular weight excluding hydrogens is 450 g/mol. The lowest BCUT2D eigenvalue weighted by Crippen LogP contribution is -2.09. The van der Waals surface area contributed by atoms with Crippen LogP contribution in [0.25, 0.3) is 11.1 Å². The molecule has 0 saturated heterocycles. The monoisotopic (exact) mass is 483 g/mol. The van der Waals surface area contributed by atoms with E-state index in [-0.39, 0.29) is 11.9 Å². The molecule has 0 aromatic heterocycles. The van der Waals surface area contributed by atoms with Crippen molar-refractivity contribution in [2.75, 3.05) is 0 Å². The van der Waals surface area contributed by atoms with Gasteiger partial charge in [0.25, 0.3) is 0 Å². The molecule has 0 unspecified atom stereocenters. The summed E-state index contributed by atoms with van der Waals surface area (Å²) in [4.78, 5) is 24.2. The Hall–Kier alpha value is -3.91. The number of carbonyl (C=O) groups excluding carboxylic acids is 2. The second kappa shape index (κ2) is 14.5. The number of carbonyl (C=O) groups is 2. The van der Waals surface area contributed by atoms with Crippen LogP contribution in [0.1, 0.15) is 69.4 Å². The molecule has 3 aromatic carbocycles. The molecule has 0 aliphatic rings. The van der Waals surface area contributed by atoms with E-state index < -0.39 is 0 Å². The van der Waals surface area contributed by atoms with Crippen LogP contribution in [0.2, 0.25) is 0 Å². The Bertz CT molecular complexity index is 1140. The molecular formula is C31H33NO4. The molecule has 0 amide bonds. The zero-order valence-electron chi connectivity index (χ0n) is 20.9. The molecule has 0 heterocycles. The number of hydrogen-bond acceptors (Lipinski definition) is 5. The van der Waals surface area contributed by atoms with E-state index >= 15 is 0 Å². The first-order chi connectivity index (χ1) is 17.6. The van der Waals surface area contributed by atoms with Crippen molar-refractivity contribution in [3.63, 3.8) is 0 Å².